The minimum atomic E-state index is -0.404. The smallest absolute Gasteiger partial charge is 0.323 e. The van der Waals surface area contributed by atoms with Crippen LogP contribution in [0.2, 0.25) is 5.02 Å². The molecule has 0 saturated carbocycles. The van der Waals surface area contributed by atoms with Gasteiger partial charge in [0, 0.05) is 28.6 Å². The Labute approximate surface area is 203 Å². The molecule has 0 unspecified atom stereocenters. The molecule has 1 fully saturated rings. The zero-order valence-corrected chi connectivity index (χ0v) is 20.0. The van der Waals surface area contributed by atoms with Crippen molar-refractivity contribution < 1.29 is 9.90 Å². The molecule has 2 aromatic rings. The number of allylic oxidation sites excluding steroid dienone is 1. The highest BCUT2D eigenvalue weighted by atomic mass is 35.5. The molecule has 1 saturated heterocycles. The number of nitrogens with one attached hydrogen (secondary N) is 2. The van der Waals surface area contributed by atoms with Crippen molar-refractivity contribution in [1.82, 2.24) is 10.2 Å². The van der Waals surface area contributed by atoms with E-state index in [1.54, 1.807) is 30.8 Å². The molecule has 0 atom stereocenters. The number of hydrogen-bond donors (Lipinski definition) is 4. The van der Waals surface area contributed by atoms with Crippen LogP contribution in [0.25, 0.3) is 0 Å². The molecule has 5 N–H and O–H groups in total. The summed E-state index contributed by atoms with van der Waals surface area (Å²) in [6.07, 6.45) is 0.786. The van der Waals surface area contributed by atoms with Gasteiger partial charge in [0.05, 0.1) is 18.8 Å². The zero-order valence-electron chi connectivity index (χ0n) is 18.5. The van der Waals surface area contributed by atoms with Crippen molar-refractivity contribution in [2.45, 2.75) is 19.9 Å². The van der Waals surface area contributed by atoms with Gasteiger partial charge in [-0.2, -0.15) is 11.8 Å². The molecule has 1 aliphatic rings. The third kappa shape index (κ3) is 6.52. The van der Waals surface area contributed by atoms with E-state index in [1.807, 2.05) is 24.3 Å². The Bertz CT molecular complexity index is 1070. The van der Waals surface area contributed by atoms with Crippen molar-refractivity contribution in [3.63, 3.8) is 0 Å². The molecule has 2 aromatic carbocycles. The molecule has 0 bridgehead atoms. The number of nitrogens with two attached hydrogens (primary N) is 1. The molecule has 33 heavy (non-hydrogen) atoms. The number of aromatic hydroxyl groups is 1. The molecule has 3 rings (SSSR count). The molecular weight excluding hydrogens is 458 g/mol. The van der Waals surface area contributed by atoms with Gasteiger partial charge in [0.1, 0.15) is 11.6 Å². The quantitative estimate of drug-likeness (QED) is 0.358. The lowest BCUT2D eigenvalue weighted by molar-refractivity contribution is 0.223. The van der Waals surface area contributed by atoms with Crippen LogP contribution in [0, 0.1) is 5.41 Å². The summed E-state index contributed by atoms with van der Waals surface area (Å²) in [5.74, 6) is 1.87. The third-order valence-electron chi connectivity index (χ3n) is 5.27. The summed E-state index contributed by atoms with van der Waals surface area (Å²) in [4.78, 5) is 18.9. The average molecular weight is 486 g/mol. The van der Waals surface area contributed by atoms with Gasteiger partial charge >= 0.3 is 6.03 Å². The fourth-order valence-corrected chi connectivity index (χ4v) is 4.57. The van der Waals surface area contributed by atoms with E-state index >= 15 is 0 Å². The Morgan fingerprint density at radius 2 is 2.00 bits per heavy atom. The molecule has 0 radical (unpaired) electrons. The van der Waals surface area contributed by atoms with E-state index in [-0.39, 0.29) is 18.1 Å². The van der Waals surface area contributed by atoms with E-state index < -0.39 is 6.03 Å². The van der Waals surface area contributed by atoms with Crippen LogP contribution in [0.3, 0.4) is 0 Å². The predicted molar refractivity (Wildman–Crippen MR) is 136 cm³/mol. The number of benzene rings is 2. The molecule has 0 aromatic heterocycles. The first-order valence-electron chi connectivity index (χ1n) is 10.7. The summed E-state index contributed by atoms with van der Waals surface area (Å²) >= 11 is 8.06. The summed E-state index contributed by atoms with van der Waals surface area (Å²) in [6.45, 7) is 2.77. The molecule has 1 aliphatic heterocycles. The summed E-state index contributed by atoms with van der Waals surface area (Å²) < 4.78 is 0. The van der Waals surface area contributed by atoms with E-state index in [9.17, 15) is 9.90 Å². The number of thioether (sulfide) groups is 1. The largest absolute Gasteiger partial charge is 0.508 e. The van der Waals surface area contributed by atoms with Gasteiger partial charge in [0.25, 0.3) is 0 Å². The number of phenolic OH excluding ortho intramolecular Hbond substituents is 1. The molecule has 1 heterocycles. The first-order valence-corrected chi connectivity index (χ1v) is 12.2. The summed E-state index contributed by atoms with van der Waals surface area (Å²) in [5, 5.41) is 21.3. The van der Waals surface area contributed by atoms with Crippen LogP contribution >= 0.6 is 23.4 Å². The Hall–Kier alpha value is -2.97. The lowest BCUT2D eigenvalue weighted by atomic mass is 10.1. The van der Waals surface area contributed by atoms with E-state index in [4.69, 9.17) is 27.7 Å². The van der Waals surface area contributed by atoms with Crippen molar-refractivity contribution in [3.05, 3.63) is 76.0 Å². The first-order chi connectivity index (χ1) is 15.9. The molecular formula is C24H28ClN5O2S. The van der Waals surface area contributed by atoms with E-state index in [1.165, 1.54) is 17.0 Å². The maximum Gasteiger partial charge on any atom is 0.323 e. The van der Waals surface area contributed by atoms with Crippen LogP contribution in [0.4, 0.5) is 4.79 Å². The van der Waals surface area contributed by atoms with Gasteiger partial charge < -0.3 is 16.2 Å². The lowest BCUT2D eigenvalue weighted by Gasteiger charge is -2.23. The standard InChI is InChI=1S/C24H28ClN5O2S/c1-2-30(23(27)16-7-9-18(31)10-8-16)24(32)29-14-21(26)19-11-12-33-15-22(19)28-13-17-5-3-4-6-20(17)25/h3-10,27,31H,2,11-15,26H2,1H3,(H,29,32)/b21-19-,27-23?,28-22?. The first kappa shape index (κ1) is 24.7. The minimum Gasteiger partial charge on any atom is -0.508 e. The van der Waals surface area contributed by atoms with Gasteiger partial charge in [-0.25, -0.2) is 4.79 Å². The highest BCUT2D eigenvalue weighted by Crippen LogP contribution is 2.23. The van der Waals surface area contributed by atoms with Crippen LogP contribution in [-0.4, -0.2) is 52.2 Å². The Kier molecular flexibility index (Phi) is 8.79. The molecule has 2 amide bonds. The van der Waals surface area contributed by atoms with E-state index in [0.717, 1.165) is 34.8 Å². The SMILES string of the molecule is CCN(C(=N)c1ccc(O)cc1)C(=O)NC/C(N)=C1\CCSCC1=NCc1ccccc1Cl. The number of amides is 2. The predicted octanol–water partition coefficient (Wildman–Crippen LogP) is 4.39. The van der Waals surface area contributed by atoms with Crippen LogP contribution < -0.4 is 11.1 Å². The number of carbonyl (C=O) groups is 1. The number of phenols is 1. The molecule has 9 heteroatoms. The summed E-state index contributed by atoms with van der Waals surface area (Å²) in [7, 11) is 0. The van der Waals surface area contributed by atoms with Crippen molar-refractivity contribution in [3.8, 4) is 5.75 Å². The Morgan fingerprint density at radius 3 is 2.70 bits per heavy atom. The second-order valence-electron chi connectivity index (χ2n) is 7.46. The van der Waals surface area contributed by atoms with Crippen molar-refractivity contribution in [2.24, 2.45) is 10.7 Å². The average Bonchev–Trinajstić information content (AvgIpc) is 2.83. The number of halogens is 1. The fourth-order valence-electron chi connectivity index (χ4n) is 3.42. The topological polar surface area (TPSA) is 115 Å². The minimum absolute atomic E-state index is 0.0530. The number of nitrogens with zero attached hydrogens (tertiary/aromatic N) is 2. The number of urea groups is 1. The highest BCUT2D eigenvalue weighted by Gasteiger charge is 2.20. The van der Waals surface area contributed by atoms with Crippen molar-refractivity contribution in [1.29, 1.82) is 5.41 Å². The van der Waals surface area contributed by atoms with Gasteiger partial charge in [-0.1, -0.05) is 29.8 Å². The van der Waals surface area contributed by atoms with Crippen LogP contribution in [0.1, 0.15) is 24.5 Å². The maximum absolute atomic E-state index is 12.8. The monoisotopic (exact) mass is 485 g/mol. The lowest BCUT2D eigenvalue weighted by Crippen LogP contribution is -2.45. The molecule has 0 aliphatic carbocycles. The number of amidine groups is 1. The van der Waals surface area contributed by atoms with Crippen molar-refractivity contribution in [2.75, 3.05) is 24.6 Å². The second-order valence-corrected chi connectivity index (χ2v) is 8.97. The summed E-state index contributed by atoms with van der Waals surface area (Å²) in [5.41, 5.74) is 10.4. The van der Waals surface area contributed by atoms with Gasteiger partial charge in [-0.15, -0.1) is 0 Å². The van der Waals surface area contributed by atoms with Crippen LogP contribution in [0.15, 0.2) is 64.8 Å². The number of hydrogen-bond acceptors (Lipinski definition) is 6. The number of rotatable bonds is 6. The fraction of sp³-hybridized carbons (Fsp3) is 0.292. The second kappa shape index (κ2) is 11.8. The summed E-state index contributed by atoms with van der Waals surface area (Å²) in [6, 6.07) is 13.4. The van der Waals surface area contributed by atoms with Gasteiger partial charge in [-0.3, -0.25) is 15.3 Å². The van der Waals surface area contributed by atoms with Gasteiger partial charge in [-0.05, 0) is 60.6 Å². The van der Waals surface area contributed by atoms with E-state index in [0.29, 0.717) is 29.4 Å². The normalized spacial score (nSPS) is 16.4. The van der Waals surface area contributed by atoms with E-state index in [2.05, 4.69) is 5.32 Å². The highest BCUT2D eigenvalue weighted by molar-refractivity contribution is 8.00. The van der Waals surface area contributed by atoms with Crippen molar-refractivity contribution >= 4 is 40.9 Å². The third-order valence-corrected chi connectivity index (χ3v) is 6.61. The number of aliphatic imine (C=N–C) groups is 1. The Morgan fingerprint density at radius 1 is 1.27 bits per heavy atom. The van der Waals surface area contributed by atoms with Gasteiger partial charge in [0.2, 0.25) is 0 Å². The Balaban J connectivity index is 1.68. The maximum atomic E-state index is 12.8. The van der Waals surface area contributed by atoms with Gasteiger partial charge in [0.15, 0.2) is 0 Å². The molecule has 0 spiro atoms. The zero-order chi connectivity index (χ0) is 23.8. The number of carbonyl (C=O) groups excluding carboxylic acids is 1. The molecule has 7 nitrogen and oxygen atoms in total. The molecule has 174 valence electrons. The van der Waals surface area contributed by atoms with Crippen LogP contribution in [-0.2, 0) is 6.54 Å². The van der Waals surface area contributed by atoms with Crippen LogP contribution in [0.5, 0.6) is 5.75 Å².